The lowest BCUT2D eigenvalue weighted by Crippen LogP contribution is -1.90. The molecule has 0 saturated heterocycles. The number of nitrogens with zero attached hydrogens (tertiary/aromatic N) is 1. The Labute approximate surface area is 100 Å². The van der Waals surface area contributed by atoms with E-state index in [1.807, 2.05) is 19.1 Å². The molecule has 0 unspecified atom stereocenters. The second kappa shape index (κ2) is 4.28. The van der Waals surface area contributed by atoms with Gasteiger partial charge in [-0.25, -0.2) is 4.98 Å². The molecule has 0 aliphatic heterocycles. The Morgan fingerprint density at radius 1 is 1.47 bits per heavy atom. The summed E-state index contributed by atoms with van der Waals surface area (Å²) in [5.41, 5.74) is 7.61. The zero-order valence-electron chi connectivity index (χ0n) is 8.03. The molecule has 1 aromatic carbocycles. The fourth-order valence-corrected chi connectivity index (χ4v) is 2.50. The van der Waals surface area contributed by atoms with Crippen LogP contribution in [0.3, 0.4) is 0 Å². The summed E-state index contributed by atoms with van der Waals surface area (Å²) in [5, 5.41) is 0.625. The molecule has 2 rings (SSSR count). The molecule has 0 saturated carbocycles. The predicted octanol–water partition coefficient (Wildman–Crippen LogP) is 3.48. The van der Waals surface area contributed by atoms with E-state index in [0.717, 1.165) is 20.6 Å². The van der Waals surface area contributed by atoms with Gasteiger partial charge in [-0.15, -0.1) is 0 Å². The lowest BCUT2D eigenvalue weighted by atomic mass is 10.2. The zero-order valence-corrected chi connectivity index (χ0v) is 10.4. The summed E-state index contributed by atoms with van der Waals surface area (Å²) in [6.07, 6.45) is 3.18. The van der Waals surface area contributed by atoms with Crippen molar-refractivity contribution in [2.24, 2.45) is 0 Å². The van der Waals surface area contributed by atoms with Gasteiger partial charge in [-0.2, -0.15) is 0 Å². The lowest BCUT2D eigenvalue weighted by molar-refractivity contribution is 0.454. The minimum atomic E-state index is 0.625. The highest BCUT2D eigenvalue weighted by Gasteiger charge is 2.07. The Morgan fingerprint density at radius 2 is 2.27 bits per heavy atom. The fraction of sp³-hybridized carbons (Fsp3) is 0.100. The summed E-state index contributed by atoms with van der Waals surface area (Å²) in [4.78, 5) is 5.09. The van der Waals surface area contributed by atoms with Crippen molar-refractivity contribution < 1.29 is 4.42 Å². The highest BCUT2D eigenvalue weighted by Crippen LogP contribution is 2.35. The second-order valence-electron chi connectivity index (χ2n) is 3.04. The maximum Gasteiger partial charge on any atom is 0.260 e. The van der Waals surface area contributed by atoms with Gasteiger partial charge in [-0.05, 0) is 52.3 Å². The van der Waals surface area contributed by atoms with Crippen LogP contribution in [-0.4, -0.2) is 4.98 Å². The summed E-state index contributed by atoms with van der Waals surface area (Å²) in [7, 11) is 0. The van der Waals surface area contributed by atoms with Gasteiger partial charge in [0.1, 0.15) is 6.26 Å². The van der Waals surface area contributed by atoms with Gasteiger partial charge in [0, 0.05) is 15.1 Å². The van der Waals surface area contributed by atoms with Crippen molar-refractivity contribution in [3.63, 3.8) is 0 Å². The number of rotatable bonds is 2. The summed E-state index contributed by atoms with van der Waals surface area (Å²) in [6.45, 7) is 1.97. The van der Waals surface area contributed by atoms with Crippen LogP contribution < -0.4 is 5.73 Å². The summed E-state index contributed by atoms with van der Waals surface area (Å²) >= 11 is 4.92. The second-order valence-corrected chi connectivity index (χ2v) is 4.89. The Kier molecular flexibility index (Phi) is 3.02. The van der Waals surface area contributed by atoms with Gasteiger partial charge in [0.25, 0.3) is 5.22 Å². The number of aryl methyl sites for hydroxylation is 1. The van der Waals surface area contributed by atoms with Crippen molar-refractivity contribution in [1.29, 1.82) is 0 Å². The summed E-state index contributed by atoms with van der Waals surface area (Å²) in [6, 6.07) is 3.90. The van der Waals surface area contributed by atoms with Crippen molar-refractivity contribution in [3.05, 3.63) is 34.6 Å². The number of hydrogen-bond acceptors (Lipinski definition) is 4. The summed E-state index contributed by atoms with van der Waals surface area (Å²) < 4.78 is 6.11. The van der Waals surface area contributed by atoms with Gasteiger partial charge in [0.15, 0.2) is 0 Å². The van der Waals surface area contributed by atoms with Crippen LogP contribution in [0.2, 0.25) is 0 Å². The molecule has 0 aliphatic rings. The number of halogens is 1. The Bertz CT molecular complexity index is 471. The molecule has 0 radical (unpaired) electrons. The average molecular weight is 285 g/mol. The van der Waals surface area contributed by atoms with Gasteiger partial charge < -0.3 is 10.2 Å². The number of benzene rings is 1. The first kappa shape index (κ1) is 10.6. The Morgan fingerprint density at radius 3 is 2.93 bits per heavy atom. The van der Waals surface area contributed by atoms with Gasteiger partial charge in [-0.3, -0.25) is 0 Å². The smallest absolute Gasteiger partial charge is 0.260 e. The van der Waals surface area contributed by atoms with Crippen molar-refractivity contribution in [2.75, 3.05) is 5.73 Å². The van der Waals surface area contributed by atoms with Crippen molar-refractivity contribution in [1.82, 2.24) is 4.98 Å². The minimum absolute atomic E-state index is 0.625. The van der Waals surface area contributed by atoms with Crippen LogP contribution >= 0.6 is 27.7 Å². The zero-order chi connectivity index (χ0) is 10.8. The van der Waals surface area contributed by atoms with Gasteiger partial charge >= 0.3 is 0 Å². The van der Waals surface area contributed by atoms with Crippen LogP contribution in [0.15, 0.2) is 43.6 Å². The monoisotopic (exact) mass is 284 g/mol. The summed E-state index contributed by atoms with van der Waals surface area (Å²) in [5.74, 6) is 0. The highest BCUT2D eigenvalue weighted by atomic mass is 79.9. The van der Waals surface area contributed by atoms with E-state index in [2.05, 4.69) is 20.9 Å². The fourth-order valence-electron chi connectivity index (χ4n) is 1.10. The van der Waals surface area contributed by atoms with E-state index in [1.165, 1.54) is 11.8 Å². The third kappa shape index (κ3) is 2.35. The molecule has 2 N–H and O–H groups in total. The first-order valence-electron chi connectivity index (χ1n) is 4.30. The topological polar surface area (TPSA) is 52.0 Å². The third-order valence-electron chi connectivity index (χ3n) is 1.93. The highest BCUT2D eigenvalue weighted by molar-refractivity contribution is 9.10. The Hall–Kier alpha value is -0.940. The first-order chi connectivity index (χ1) is 7.16. The molecular weight excluding hydrogens is 276 g/mol. The van der Waals surface area contributed by atoms with E-state index < -0.39 is 0 Å². The number of aromatic nitrogens is 1. The number of nitrogen functional groups attached to an aromatic ring is 1. The Balaban J connectivity index is 2.33. The van der Waals surface area contributed by atoms with Gasteiger partial charge in [0.2, 0.25) is 0 Å². The van der Waals surface area contributed by atoms with Crippen LogP contribution in [0.25, 0.3) is 0 Å². The number of hydrogen-bond donors (Lipinski definition) is 1. The average Bonchev–Trinajstić information content (AvgIpc) is 2.67. The normalized spacial score (nSPS) is 10.5. The molecule has 0 amide bonds. The third-order valence-corrected chi connectivity index (χ3v) is 3.78. The minimum Gasteiger partial charge on any atom is -0.440 e. The lowest BCUT2D eigenvalue weighted by Gasteiger charge is -2.05. The van der Waals surface area contributed by atoms with E-state index in [-0.39, 0.29) is 0 Å². The molecule has 0 fully saturated rings. The van der Waals surface area contributed by atoms with E-state index in [1.54, 1.807) is 12.5 Å². The SMILES string of the molecule is Cc1cc(Sc2ncco2)c(Br)cc1N. The molecular formula is C10H9BrN2OS. The molecule has 1 heterocycles. The quantitative estimate of drug-likeness (QED) is 0.858. The molecule has 0 atom stereocenters. The molecule has 3 nitrogen and oxygen atoms in total. The van der Waals surface area contributed by atoms with Crippen LogP contribution in [0, 0.1) is 6.92 Å². The van der Waals surface area contributed by atoms with E-state index in [4.69, 9.17) is 10.2 Å². The largest absolute Gasteiger partial charge is 0.440 e. The van der Waals surface area contributed by atoms with Crippen molar-refractivity contribution in [3.8, 4) is 0 Å². The van der Waals surface area contributed by atoms with Crippen LogP contribution in [-0.2, 0) is 0 Å². The first-order valence-corrected chi connectivity index (χ1v) is 5.91. The van der Waals surface area contributed by atoms with E-state index in [9.17, 15) is 0 Å². The number of nitrogens with two attached hydrogens (primary N) is 1. The molecule has 0 bridgehead atoms. The van der Waals surface area contributed by atoms with Crippen molar-refractivity contribution >= 4 is 33.4 Å². The van der Waals surface area contributed by atoms with E-state index in [0.29, 0.717) is 5.22 Å². The molecule has 0 aliphatic carbocycles. The maximum absolute atomic E-state index is 5.78. The number of anilines is 1. The van der Waals surface area contributed by atoms with Crippen LogP contribution in [0.5, 0.6) is 0 Å². The van der Waals surface area contributed by atoms with Crippen LogP contribution in [0.1, 0.15) is 5.56 Å². The molecule has 5 heteroatoms. The molecule has 15 heavy (non-hydrogen) atoms. The van der Waals surface area contributed by atoms with Gasteiger partial charge in [0.05, 0.1) is 6.20 Å². The predicted molar refractivity (Wildman–Crippen MR) is 63.9 cm³/mol. The van der Waals surface area contributed by atoms with Gasteiger partial charge in [-0.1, -0.05) is 0 Å². The van der Waals surface area contributed by atoms with E-state index >= 15 is 0 Å². The maximum atomic E-state index is 5.78. The molecule has 0 spiro atoms. The molecule has 2 aromatic rings. The molecule has 78 valence electrons. The number of oxazole rings is 1. The van der Waals surface area contributed by atoms with Crippen molar-refractivity contribution in [2.45, 2.75) is 17.0 Å². The standard InChI is InChI=1S/C10H9BrN2OS/c1-6-4-9(7(11)5-8(6)12)15-10-13-2-3-14-10/h2-5H,12H2,1H3. The molecule has 1 aromatic heterocycles. The van der Waals surface area contributed by atoms with Crippen LogP contribution in [0.4, 0.5) is 5.69 Å².